The lowest BCUT2D eigenvalue weighted by atomic mass is 10.1. The van der Waals surface area contributed by atoms with E-state index in [2.05, 4.69) is 29.1 Å². The van der Waals surface area contributed by atoms with E-state index in [0.29, 0.717) is 22.7 Å². The third-order valence-corrected chi connectivity index (χ3v) is 6.45. The number of aromatic nitrogens is 1. The fourth-order valence-corrected chi connectivity index (χ4v) is 4.99. The van der Waals surface area contributed by atoms with Crippen LogP contribution in [0.3, 0.4) is 0 Å². The predicted octanol–water partition coefficient (Wildman–Crippen LogP) is 5.39. The molecule has 1 heterocycles. The van der Waals surface area contributed by atoms with Crippen molar-refractivity contribution in [2.45, 2.75) is 6.54 Å². The molecule has 5 aromatic rings. The summed E-state index contributed by atoms with van der Waals surface area (Å²) >= 11 is 1.47. The van der Waals surface area contributed by atoms with E-state index >= 15 is 0 Å². The highest BCUT2D eigenvalue weighted by atomic mass is 32.1. The van der Waals surface area contributed by atoms with E-state index in [1.807, 2.05) is 59.2 Å². The molecule has 0 spiro atoms. The van der Waals surface area contributed by atoms with Crippen molar-refractivity contribution in [2.75, 3.05) is 7.11 Å². The number of terminal acetylenes is 1. The monoisotopic (exact) mass is 422 g/mol. The first-order valence-electron chi connectivity index (χ1n) is 9.80. The number of carbonyl (C=O) groups is 1. The van der Waals surface area contributed by atoms with Crippen molar-refractivity contribution in [3.8, 4) is 18.1 Å². The average Bonchev–Trinajstić information content (AvgIpc) is 3.15. The van der Waals surface area contributed by atoms with Crippen molar-refractivity contribution in [3.05, 3.63) is 83.2 Å². The van der Waals surface area contributed by atoms with Gasteiger partial charge in [0, 0.05) is 5.39 Å². The lowest BCUT2D eigenvalue weighted by Gasteiger charge is -2.07. The van der Waals surface area contributed by atoms with Gasteiger partial charge in [-0.1, -0.05) is 71.9 Å². The molecule has 0 aliphatic carbocycles. The Bertz CT molecular complexity index is 1580. The summed E-state index contributed by atoms with van der Waals surface area (Å²) in [6.07, 6.45) is 5.63. The minimum Gasteiger partial charge on any atom is -0.496 e. The van der Waals surface area contributed by atoms with Gasteiger partial charge in [-0.2, -0.15) is 4.99 Å². The van der Waals surface area contributed by atoms with E-state index in [9.17, 15) is 4.79 Å². The normalized spacial score (nSPS) is 11.8. The molecule has 1 aromatic heterocycles. The minimum atomic E-state index is -0.357. The van der Waals surface area contributed by atoms with Gasteiger partial charge in [0.15, 0.2) is 4.80 Å². The number of thiazole rings is 1. The zero-order chi connectivity index (χ0) is 21.4. The van der Waals surface area contributed by atoms with Gasteiger partial charge in [-0.3, -0.25) is 4.79 Å². The maximum absolute atomic E-state index is 13.2. The highest BCUT2D eigenvalue weighted by Crippen LogP contribution is 2.29. The van der Waals surface area contributed by atoms with Gasteiger partial charge in [0.05, 0.1) is 29.4 Å². The number of methoxy groups -OCH3 is 1. The summed E-state index contributed by atoms with van der Waals surface area (Å²) in [5.41, 5.74) is 1.40. The molecule has 4 aromatic carbocycles. The van der Waals surface area contributed by atoms with Crippen molar-refractivity contribution >= 4 is 49.0 Å². The van der Waals surface area contributed by atoms with Gasteiger partial charge >= 0.3 is 0 Å². The van der Waals surface area contributed by atoms with Gasteiger partial charge in [-0.25, -0.2) is 0 Å². The zero-order valence-corrected chi connectivity index (χ0v) is 17.6. The van der Waals surface area contributed by atoms with Gasteiger partial charge in [-0.05, 0) is 34.4 Å². The second-order valence-electron chi connectivity index (χ2n) is 7.13. The summed E-state index contributed by atoms with van der Waals surface area (Å²) in [6.45, 7) is 0.333. The molecule has 0 atom stereocenters. The van der Waals surface area contributed by atoms with Crippen molar-refractivity contribution in [3.63, 3.8) is 0 Å². The molecule has 0 unspecified atom stereocenters. The summed E-state index contributed by atoms with van der Waals surface area (Å²) in [6, 6.07) is 23.8. The molecular weight excluding hydrogens is 404 g/mol. The molecule has 5 rings (SSSR count). The Kier molecular flexibility index (Phi) is 4.78. The average molecular weight is 423 g/mol. The van der Waals surface area contributed by atoms with Gasteiger partial charge in [0.1, 0.15) is 5.75 Å². The summed E-state index contributed by atoms with van der Waals surface area (Å²) in [5, 5.41) is 4.22. The lowest BCUT2D eigenvalue weighted by Crippen LogP contribution is -2.16. The molecule has 0 aliphatic heterocycles. The van der Waals surface area contributed by atoms with Gasteiger partial charge in [0.2, 0.25) is 0 Å². The quantitative estimate of drug-likeness (QED) is 0.366. The van der Waals surface area contributed by atoms with E-state index in [1.54, 1.807) is 7.11 Å². The summed E-state index contributed by atoms with van der Waals surface area (Å²) < 4.78 is 8.47. The number of hydrogen-bond donors (Lipinski definition) is 0. The molecule has 0 aliphatic rings. The molecule has 0 saturated carbocycles. The molecule has 0 fully saturated rings. The van der Waals surface area contributed by atoms with Crippen LogP contribution in [0.25, 0.3) is 31.8 Å². The number of benzene rings is 4. The Morgan fingerprint density at radius 1 is 1.03 bits per heavy atom. The molecule has 0 saturated heterocycles. The van der Waals surface area contributed by atoms with E-state index < -0.39 is 0 Å². The minimum absolute atomic E-state index is 0.333. The highest BCUT2D eigenvalue weighted by Gasteiger charge is 2.15. The molecule has 31 heavy (non-hydrogen) atoms. The van der Waals surface area contributed by atoms with Gasteiger partial charge < -0.3 is 9.30 Å². The topological polar surface area (TPSA) is 43.6 Å². The number of fused-ring (bicyclic) bond motifs is 4. The number of carbonyl (C=O) groups excluding carboxylic acids is 1. The standard InChI is InChI=1S/C26H18N2O2S/c1-3-14-28-22-13-12-17-8-6-7-11-20(17)24(22)31-26(28)27-25(29)21-15-18-9-4-5-10-19(18)16-23(21)30-2/h1,4-13,15-16H,14H2,2H3. The number of nitrogens with zero attached hydrogens (tertiary/aromatic N) is 2. The second-order valence-corrected chi connectivity index (χ2v) is 8.10. The van der Waals surface area contributed by atoms with E-state index in [1.165, 1.54) is 11.3 Å². The van der Waals surface area contributed by atoms with Gasteiger partial charge in [-0.15, -0.1) is 6.42 Å². The van der Waals surface area contributed by atoms with Crippen LogP contribution in [0.1, 0.15) is 10.4 Å². The number of hydrogen-bond acceptors (Lipinski definition) is 3. The molecule has 0 bridgehead atoms. The first-order valence-corrected chi connectivity index (χ1v) is 10.6. The molecular formula is C26H18N2O2S. The molecule has 150 valence electrons. The van der Waals surface area contributed by atoms with E-state index in [-0.39, 0.29) is 5.91 Å². The van der Waals surface area contributed by atoms with Crippen LogP contribution in [0, 0.1) is 12.3 Å². The summed E-state index contributed by atoms with van der Waals surface area (Å²) in [4.78, 5) is 18.3. The lowest BCUT2D eigenvalue weighted by molar-refractivity contribution is 0.0995. The fourth-order valence-electron chi connectivity index (χ4n) is 3.83. The molecule has 4 nitrogen and oxygen atoms in total. The Labute approximate surface area is 183 Å². The fraction of sp³-hybridized carbons (Fsp3) is 0.0769. The molecule has 0 N–H and O–H groups in total. The highest BCUT2D eigenvalue weighted by molar-refractivity contribution is 7.17. The molecule has 1 amide bonds. The van der Waals surface area contributed by atoms with Crippen LogP contribution in [0.5, 0.6) is 5.75 Å². The van der Waals surface area contributed by atoms with Crippen LogP contribution in [-0.4, -0.2) is 17.6 Å². The maximum atomic E-state index is 13.2. The van der Waals surface area contributed by atoms with Crippen LogP contribution in [-0.2, 0) is 6.54 Å². The first-order chi connectivity index (χ1) is 15.2. The third-order valence-electron chi connectivity index (χ3n) is 5.32. The van der Waals surface area contributed by atoms with Crippen LogP contribution in [0.4, 0.5) is 0 Å². The van der Waals surface area contributed by atoms with Crippen LogP contribution in [0.15, 0.2) is 77.8 Å². The Balaban J connectivity index is 1.73. The summed E-state index contributed by atoms with van der Waals surface area (Å²) in [7, 11) is 1.56. The number of amides is 1. The van der Waals surface area contributed by atoms with Crippen molar-refractivity contribution in [1.82, 2.24) is 4.57 Å². The maximum Gasteiger partial charge on any atom is 0.283 e. The summed E-state index contributed by atoms with van der Waals surface area (Å²) in [5.74, 6) is 2.83. The van der Waals surface area contributed by atoms with Crippen LogP contribution >= 0.6 is 11.3 Å². The Hall–Kier alpha value is -3.88. The van der Waals surface area contributed by atoms with Crippen LogP contribution in [0.2, 0.25) is 0 Å². The Morgan fingerprint density at radius 3 is 2.48 bits per heavy atom. The Morgan fingerprint density at radius 2 is 1.74 bits per heavy atom. The SMILES string of the molecule is C#CCn1c(=NC(=O)c2cc3ccccc3cc2OC)sc2c3ccccc3ccc21. The molecule has 0 radical (unpaired) electrons. The number of rotatable bonds is 3. The van der Waals surface area contributed by atoms with E-state index in [0.717, 1.165) is 31.8 Å². The first kappa shape index (κ1) is 19.1. The van der Waals surface area contributed by atoms with Gasteiger partial charge in [0.25, 0.3) is 5.91 Å². The zero-order valence-electron chi connectivity index (χ0n) is 16.8. The van der Waals surface area contributed by atoms with Crippen molar-refractivity contribution in [2.24, 2.45) is 4.99 Å². The largest absolute Gasteiger partial charge is 0.496 e. The van der Waals surface area contributed by atoms with Crippen molar-refractivity contribution < 1.29 is 9.53 Å². The third kappa shape index (κ3) is 3.27. The second kappa shape index (κ2) is 7.75. The smallest absolute Gasteiger partial charge is 0.283 e. The van der Waals surface area contributed by atoms with E-state index in [4.69, 9.17) is 11.2 Å². The van der Waals surface area contributed by atoms with Crippen LogP contribution < -0.4 is 9.54 Å². The molecule has 5 heteroatoms. The predicted molar refractivity (Wildman–Crippen MR) is 127 cm³/mol. The number of ether oxygens (including phenoxy) is 1. The van der Waals surface area contributed by atoms with Crippen molar-refractivity contribution in [1.29, 1.82) is 0 Å².